The summed E-state index contributed by atoms with van der Waals surface area (Å²) in [5.41, 5.74) is 1.01. The SMILES string of the molecule is CN(CC(=O)c1ccc(O)c(O)c1)c1ccc(F)cc1. The number of halogens is 1. The summed E-state index contributed by atoms with van der Waals surface area (Å²) in [4.78, 5) is 13.7. The van der Waals surface area contributed by atoms with Crippen LogP contribution >= 0.6 is 0 Å². The van der Waals surface area contributed by atoms with E-state index >= 15 is 0 Å². The van der Waals surface area contributed by atoms with Crippen molar-refractivity contribution in [3.05, 3.63) is 53.8 Å². The zero-order chi connectivity index (χ0) is 14.7. The predicted octanol–water partition coefficient (Wildman–Crippen LogP) is 2.56. The first-order valence-corrected chi connectivity index (χ1v) is 5.99. The van der Waals surface area contributed by atoms with Gasteiger partial charge in [0.15, 0.2) is 17.3 Å². The molecule has 0 atom stereocenters. The van der Waals surface area contributed by atoms with Gasteiger partial charge in [-0.05, 0) is 42.5 Å². The fourth-order valence-corrected chi connectivity index (χ4v) is 1.79. The first kappa shape index (κ1) is 13.9. The quantitative estimate of drug-likeness (QED) is 0.665. The molecule has 5 heteroatoms. The van der Waals surface area contributed by atoms with Crippen LogP contribution in [0.1, 0.15) is 10.4 Å². The highest BCUT2D eigenvalue weighted by atomic mass is 19.1. The molecule has 2 N–H and O–H groups in total. The number of phenols is 2. The summed E-state index contributed by atoms with van der Waals surface area (Å²) in [6, 6.07) is 9.73. The van der Waals surface area contributed by atoms with Gasteiger partial charge in [-0.1, -0.05) is 0 Å². The molecule has 0 aliphatic carbocycles. The number of carbonyl (C=O) groups is 1. The Morgan fingerprint density at radius 1 is 1.10 bits per heavy atom. The van der Waals surface area contributed by atoms with Crippen molar-refractivity contribution in [3.63, 3.8) is 0 Å². The lowest BCUT2D eigenvalue weighted by atomic mass is 10.1. The molecule has 0 amide bonds. The van der Waals surface area contributed by atoms with Gasteiger partial charge in [-0.2, -0.15) is 0 Å². The molecule has 2 aromatic carbocycles. The molecule has 0 unspecified atom stereocenters. The van der Waals surface area contributed by atoms with Crippen LogP contribution in [0.25, 0.3) is 0 Å². The molecule has 0 bridgehead atoms. The maximum atomic E-state index is 12.8. The Labute approximate surface area is 115 Å². The molecule has 0 fully saturated rings. The lowest BCUT2D eigenvalue weighted by Crippen LogP contribution is -2.25. The fraction of sp³-hybridized carbons (Fsp3) is 0.133. The third-order valence-corrected chi connectivity index (χ3v) is 2.95. The third kappa shape index (κ3) is 3.06. The van der Waals surface area contributed by atoms with Crippen LogP contribution in [-0.2, 0) is 0 Å². The fourth-order valence-electron chi connectivity index (χ4n) is 1.79. The Kier molecular flexibility index (Phi) is 3.89. The third-order valence-electron chi connectivity index (χ3n) is 2.95. The summed E-state index contributed by atoms with van der Waals surface area (Å²) in [7, 11) is 1.71. The predicted molar refractivity (Wildman–Crippen MR) is 73.8 cm³/mol. The number of Topliss-reactive ketones (excluding diaryl/α,β-unsaturated/α-hetero) is 1. The molecule has 0 saturated heterocycles. The molecule has 0 heterocycles. The van der Waals surface area contributed by atoms with Crippen molar-refractivity contribution >= 4 is 11.5 Å². The van der Waals surface area contributed by atoms with Crippen molar-refractivity contribution in [1.82, 2.24) is 0 Å². The molecule has 2 rings (SSSR count). The summed E-state index contributed by atoms with van der Waals surface area (Å²) >= 11 is 0. The molecule has 0 saturated carbocycles. The Hall–Kier alpha value is -2.56. The number of likely N-dealkylation sites (N-methyl/N-ethyl adjacent to an activating group) is 1. The van der Waals surface area contributed by atoms with Gasteiger partial charge in [0.05, 0.1) is 6.54 Å². The number of hydrogen-bond acceptors (Lipinski definition) is 4. The van der Waals surface area contributed by atoms with Gasteiger partial charge in [0, 0.05) is 18.3 Å². The van der Waals surface area contributed by atoms with Crippen molar-refractivity contribution in [2.75, 3.05) is 18.5 Å². The number of benzene rings is 2. The number of carbonyl (C=O) groups excluding carboxylic acids is 1. The second-order valence-electron chi connectivity index (χ2n) is 4.46. The van der Waals surface area contributed by atoms with E-state index in [4.69, 9.17) is 0 Å². The number of phenolic OH excluding ortho intramolecular Hbond substituents is 2. The van der Waals surface area contributed by atoms with Crippen LogP contribution < -0.4 is 4.90 Å². The number of anilines is 1. The van der Waals surface area contributed by atoms with Crippen molar-refractivity contribution in [2.45, 2.75) is 0 Å². The van der Waals surface area contributed by atoms with Gasteiger partial charge >= 0.3 is 0 Å². The average Bonchev–Trinajstić information content (AvgIpc) is 2.42. The Bertz CT molecular complexity index is 626. The minimum absolute atomic E-state index is 0.0792. The Balaban J connectivity index is 2.10. The second-order valence-corrected chi connectivity index (χ2v) is 4.46. The first-order valence-electron chi connectivity index (χ1n) is 5.99. The Morgan fingerprint density at radius 2 is 1.75 bits per heavy atom. The van der Waals surface area contributed by atoms with Crippen LogP contribution in [0.4, 0.5) is 10.1 Å². The number of aromatic hydroxyl groups is 2. The van der Waals surface area contributed by atoms with Crippen LogP contribution in [0.2, 0.25) is 0 Å². The summed E-state index contributed by atoms with van der Waals surface area (Å²) in [5, 5.41) is 18.6. The molecule has 2 aromatic rings. The second kappa shape index (κ2) is 5.61. The van der Waals surface area contributed by atoms with E-state index in [2.05, 4.69) is 0 Å². The average molecular weight is 275 g/mol. The first-order chi connectivity index (χ1) is 9.47. The zero-order valence-corrected chi connectivity index (χ0v) is 10.9. The van der Waals surface area contributed by atoms with E-state index in [0.29, 0.717) is 11.3 Å². The van der Waals surface area contributed by atoms with E-state index in [1.54, 1.807) is 24.1 Å². The molecule has 20 heavy (non-hydrogen) atoms. The molecule has 0 aliphatic heterocycles. The monoisotopic (exact) mass is 275 g/mol. The van der Waals surface area contributed by atoms with E-state index in [1.165, 1.54) is 30.3 Å². The highest BCUT2D eigenvalue weighted by Gasteiger charge is 2.12. The minimum Gasteiger partial charge on any atom is -0.504 e. The van der Waals surface area contributed by atoms with Crippen LogP contribution in [0.15, 0.2) is 42.5 Å². The molecule has 0 aliphatic rings. The van der Waals surface area contributed by atoms with Crippen molar-refractivity contribution in [1.29, 1.82) is 0 Å². The lowest BCUT2D eigenvalue weighted by molar-refractivity contribution is 0.1000. The zero-order valence-electron chi connectivity index (χ0n) is 10.9. The van der Waals surface area contributed by atoms with Gasteiger partial charge in [-0.15, -0.1) is 0 Å². The Morgan fingerprint density at radius 3 is 2.35 bits per heavy atom. The molecule has 0 spiro atoms. The van der Waals surface area contributed by atoms with E-state index in [1.807, 2.05) is 0 Å². The van der Waals surface area contributed by atoms with Gasteiger partial charge in [0.1, 0.15) is 5.82 Å². The summed E-state index contributed by atoms with van der Waals surface area (Å²) < 4.78 is 12.8. The van der Waals surface area contributed by atoms with Crippen LogP contribution in [0, 0.1) is 5.82 Å². The number of hydrogen-bond donors (Lipinski definition) is 2. The number of rotatable bonds is 4. The largest absolute Gasteiger partial charge is 0.504 e. The minimum atomic E-state index is -0.336. The number of ketones is 1. The van der Waals surface area contributed by atoms with Crippen molar-refractivity contribution < 1.29 is 19.4 Å². The van der Waals surface area contributed by atoms with E-state index in [9.17, 15) is 19.4 Å². The topological polar surface area (TPSA) is 60.8 Å². The normalized spacial score (nSPS) is 10.3. The van der Waals surface area contributed by atoms with E-state index in [0.717, 1.165) is 0 Å². The van der Waals surface area contributed by atoms with Crippen LogP contribution in [-0.4, -0.2) is 29.6 Å². The van der Waals surface area contributed by atoms with Gasteiger partial charge in [-0.3, -0.25) is 4.79 Å². The number of nitrogens with zero attached hydrogens (tertiary/aromatic N) is 1. The molecule has 0 radical (unpaired) electrons. The van der Waals surface area contributed by atoms with Gasteiger partial charge in [0.25, 0.3) is 0 Å². The summed E-state index contributed by atoms with van der Waals surface area (Å²) in [6.07, 6.45) is 0. The molecule has 4 nitrogen and oxygen atoms in total. The van der Waals surface area contributed by atoms with Crippen LogP contribution in [0.5, 0.6) is 11.5 Å². The van der Waals surface area contributed by atoms with Crippen LogP contribution in [0.3, 0.4) is 0 Å². The molecule has 0 aromatic heterocycles. The van der Waals surface area contributed by atoms with E-state index in [-0.39, 0.29) is 29.6 Å². The summed E-state index contributed by atoms with van der Waals surface area (Å²) in [6.45, 7) is 0.0792. The van der Waals surface area contributed by atoms with Crippen molar-refractivity contribution in [3.8, 4) is 11.5 Å². The smallest absolute Gasteiger partial charge is 0.182 e. The maximum absolute atomic E-state index is 12.8. The lowest BCUT2D eigenvalue weighted by Gasteiger charge is -2.18. The van der Waals surface area contributed by atoms with Gasteiger partial charge in [-0.25, -0.2) is 4.39 Å². The standard InChI is InChI=1S/C15H14FNO3/c1-17(12-5-3-11(16)4-6-12)9-15(20)10-2-7-13(18)14(19)8-10/h2-8,18-19H,9H2,1H3. The molecule has 104 valence electrons. The van der Waals surface area contributed by atoms with Gasteiger partial charge in [0.2, 0.25) is 0 Å². The summed E-state index contributed by atoms with van der Waals surface area (Å²) in [5.74, 6) is -1.15. The van der Waals surface area contributed by atoms with Gasteiger partial charge < -0.3 is 15.1 Å². The highest BCUT2D eigenvalue weighted by molar-refractivity contribution is 5.99. The molecular weight excluding hydrogens is 261 g/mol. The van der Waals surface area contributed by atoms with Crippen molar-refractivity contribution in [2.24, 2.45) is 0 Å². The molecular formula is C15H14FNO3. The highest BCUT2D eigenvalue weighted by Crippen LogP contribution is 2.25. The maximum Gasteiger partial charge on any atom is 0.182 e. The van der Waals surface area contributed by atoms with E-state index < -0.39 is 0 Å².